The fraction of sp³-hybridized carbons (Fsp3) is 0.400. The van der Waals surface area contributed by atoms with Crippen LogP contribution in [0, 0.1) is 0 Å². The van der Waals surface area contributed by atoms with E-state index in [1.807, 2.05) is 19.0 Å². The van der Waals surface area contributed by atoms with Crippen LogP contribution in [0.2, 0.25) is 0 Å². The topological polar surface area (TPSA) is 74.7 Å². The maximum Gasteiger partial charge on any atom is 0.411 e. The first-order valence-electron chi connectivity index (χ1n) is 4.81. The van der Waals surface area contributed by atoms with Crippen LogP contribution >= 0.6 is 0 Å². The Bertz CT molecular complexity index is 355. The van der Waals surface area contributed by atoms with Gasteiger partial charge >= 0.3 is 6.09 Å². The maximum atomic E-state index is 11.3. The number of carbonyl (C=O) groups excluding carboxylic acids is 1. The smallest absolute Gasteiger partial charge is 0.411 e. The molecule has 0 fully saturated rings. The summed E-state index contributed by atoms with van der Waals surface area (Å²) in [5.74, 6) is 0. The number of ether oxygens (including phenoxy) is 1. The van der Waals surface area contributed by atoms with Crippen molar-refractivity contribution in [1.82, 2.24) is 4.98 Å². The summed E-state index contributed by atoms with van der Waals surface area (Å²) in [6, 6.07) is 1.78. The first kappa shape index (κ1) is 12.3. The summed E-state index contributed by atoms with van der Waals surface area (Å²) >= 11 is 0. The molecule has 1 heterocycles. The van der Waals surface area contributed by atoms with Gasteiger partial charge in [-0.15, -0.1) is 0 Å². The van der Waals surface area contributed by atoms with Crippen LogP contribution in [-0.2, 0) is 4.74 Å². The summed E-state index contributed by atoms with van der Waals surface area (Å²) in [7, 11) is 3.72. The summed E-state index contributed by atoms with van der Waals surface area (Å²) < 4.78 is 4.68. The highest BCUT2D eigenvalue weighted by atomic mass is 16.6. The molecule has 0 atom stereocenters. The molecule has 1 aromatic heterocycles. The van der Waals surface area contributed by atoms with E-state index in [1.165, 1.54) is 6.20 Å². The monoisotopic (exact) mass is 225 g/mol. The van der Waals surface area contributed by atoms with Crippen molar-refractivity contribution in [2.45, 2.75) is 0 Å². The Balaban J connectivity index is 2.69. The first-order valence-corrected chi connectivity index (χ1v) is 4.81. The molecule has 2 N–H and O–H groups in total. The number of amides is 1. The standard InChI is InChI=1S/C10H15N3O3/c1-13(2)9-3-4-11-7-8(9)12-10(15)16-6-5-14/h3-4,7,14H,5-6H2,1-2H3,(H,12,15). The highest BCUT2D eigenvalue weighted by Crippen LogP contribution is 2.22. The van der Waals surface area contributed by atoms with Crippen LogP contribution < -0.4 is 10.2 Å². The van der Waals surface area contributed by atoms with Gasteiger partial charge in [-0.1, -0.05) is 0 Å². The Kier molecular flexibility index (Phi) is 4.53. The zero-order valence-electron chi connectivity index (χ0n) is 9.30. The summed E-state index contributed by atoms with van der Waals surface area (Å²) in [4.78, 5) is 17.0. The Morgan fingerprint density at radius 1 is 1.62 bits per heavy atom. The van der Waals surface area contributed by atoms with Gasteiger partial charge in [0.1, 0.15) is 6.61 Å². The van der Waals surface area contributed by atoms with Gasteiger partial charge in [0.25, 0.3) is 0 Å². The van der Waals surface area contributed by atoms with Crippen LogP contribution in [0.1, 0.15) is 0 Å². The molecule has 0 radical (unpaired) electrons. The zero-order chi connectivity index (χ0) is 12.0. The lowest BCUT2D eigenvalue weighted by Gasteiger charge is -2.16. The second-order valence-corrected chi connectivity index (χ2v) is 3.27. The predicted octanol–water partition coefficient (Wildman–Crippen LogP) is 0.688. The molecule has 0 aliphatic heterocycles. The van der Waals surface area contributed by atoms with E-state index in [0.29, 0.717) is 5.69 Å². The van der Waals surface area contributed by atoms with Gasteiger partial charge in [-0.3, -0.25) is 10.3 Å². The molecule has 1 amide bonds. The van der Waals surface area contributed by atoms with Gasteiger partial charge < -0.3 is 14.7 Å². The van der Waals surface area contributed by atoms with Gasteiger partial charge in [0.2, 0.25) is 0 Å². The van der Waals surface area contributed by atoms with Gasteiger partial charge in [-0.05, 0) is 6.07 Å². The average Bonchev–Trinajstić information content (AvgIpc) is 2.27. The number of aromatic nitrogens is 1. The number of rotatable bonds is 4. The fourth-order valence-corrected chi connectivity index (χ4v) is 1.16. The van der Waals surface area contributed by atoms with E-state index in [2.05, 4.69) is 15.0 Å². The van der Waals surface area contributed by atoms with Gasteiger partial charge in [0, 0.05) is 20.3 Å². The molecule has 0 unspecified atom stereocenters. The molecule has 16 heavy (non-hydrogen) atoms. The van der Waals surface area contributed by atoms with E-state index in [1.54, 1.807) is 12.3 Å². The van der Waals surface area contributed by atoms with Crippen molar-refractivity contribution in [2.24, 2.45) is 0 Å². The number of nitrogens with one attached hydrogen (secondary N) is 1. The molecule has 1 rings (SSSR count). The van der Waals surface area contributed by atoms with E-state index in [4.69, 9.17) is 5.11 Å². The number of anilines is 2. The normalized spacial score (nSPS) is 9.69. The summed E-state index contributed by atoms with van der Waals surface area (Å²) in [5.41, 5.74) is 1.39. The Morgan fingerprint density at radius 2 is 2.38 bits per heavy atom. The molecule has 1 aromatic rings. The van der Waals surface area contributed by atoms with Crippen molar-refractivity contribution in [3.8, 4) is 0 Å². The van der Waals surface area contributed by atoms with Crippen molar-refractivity contribution in [1.29, 1.82) is 0 Å². The second-order valence-electron chi connectivity index (χ2n) is 3.27. The van der Waals surface area contributed by atoms with Gasteiger partial charge in [-0.2, -0.15) is 0 Å². The molecule has 0 saturated heterocycles. The van der Waals surface area contributed by atoms with Crippen LogP contribution in [0.25, 0.3) is 0 Å². The molecule has 0 aliphatic rings. The minimum atomic E-state index is -0.606. The average molecular weight is 225 g/mol. The summed E-state index contributed by atoms with van der Waals surface area (Å²) in [6.45, 7) is -0.218. The minimum Gasteiger partial charge on any atom is -0.447 e. The molecule has 0 aliphatic carbocycles. The summed E-state index contributed by atoms with van der Waals surface area (Å²) in [5, 5.41) is 11.0. The minimum absolute atomic E-state index is 0.0244. The number of pyridine rings is 1. The lowest BCUT2D eigenvalue weighted by molar-refractivity contribution is 0.131. The molecule has 6 heteroatoms. The van der Waals surface area contributed by atoms with E-state index in [-0.39, 0.29) is 13.2 Å². The van der Waals surface area contributed by atoms with Crippen molar-refractivity contribution in [3.63, 3.8) is 0 Å². The van der Waals surface area contributed by atoms with Gasteiger partial charge in [-0.25, -0.2) is 4.79 Å². The maximum absolute atomic E-state index is 11.3. The summed E-state index contributed by atoms with van der Waals surface area (Å²) in [6.07, 6.45) is 2.57. The second kappa shape index (κ2) is 5.92. The lowest BCUT2D eigenvalue weighted by atomic mass is 10.3. The number of aliphatic hydroxyl groups is 1. The van der Waals surface area contributed by atoms with E-state index < -0.39 is 6.09 Å². The van der Waals surface area contributed by atoms with Crippen LogP contribution in [-0.4, -0.2) is 43.5 Å². The molecular weight excluding hydrogens is 210 g/mol. The van der Waals surface area contributed by atoms with E-state index in [0.717, 1.165) is 5.69 Å². The third-order valence-electron chi connectivity index (χ3n) is 1.84. The third-order valence-corrected chi connectivity index (χ3v) is 1.84. The predicted molar refractivity (Wildman–Crippen MR) is 60.6 cm³/mol. The largest absolute Gasteiger partial charge is 0.447 e. The third kappa shape index (κ3) is 3.39. The number of carbonyl (C=O) groups is 1. The number of aliphatic hydroxyl groups excluding tert-OH is 1. The van der Waals surface area contributed by atoms with E-state index in [9.17, 15) is 4.79 Å². The van der Waals surface area contributed by atoms with Crippen molar-refractivity contribution in [3.05, 3.63) is 18.5 Å². The highest BCUT2D eigenvalue weighted by Gasteiger charge is 2.08. The molecule has 88 valence electrons. The van der Waals surface area contributed by atoms with Gasteiger partial charge in [0.15, 0.2) is 0 Å². The molecule has 0 bridgehead atoms. The zero-order valence-corrected chi connectivity index (χ0v) is 9.30. The van der Waals surface area contributed by atoms with Crippen LogP contribution in [0.3, 0.4) is 0 Å². The molecule has 0 spiro atoms. The van der Waals surface area contributed by atoms with Crippen molar-refractivity contribution in [2.75, 3.05) is 37.5 Å². The fourth-order valence-electron chi connectivity index (χ4n) is 1.16. The van der Waals surface area contributed by atoms with Gasteiger partial charge in [0.05, 0.1) is 24.2 Å². The number of nitrogens with zero attached hydrogens (tertiary/aromatic N) is 2. The van der Waals surface area contributed by atoms with Crippen LogP contribution in [0.15, 0.2) is 18.5 Å². The lowest BCUT2D eigenvalue weighted by Crippen LogP contribution is -2.19. The number of hydrogen-bond donors (Lipinski definition) is 2. The number of hydrogen-bond acceptors (Lipinski definition) is 5. The quantitative estimate of drug-likeness (QED) is 0.788. The molecular formula is C10H15N3O3. The molecule has 6 nitrogen and oxygen atoms in total. The van der Waals surface area contributed by atoms with E-state index >= 15 is 0 Å². The van der Waals surface area contributed by atoms with Crippen LogP contribution in [0.5, 0.6) is 0 Å². The van der Waals surface area contributed by atoms with Crippen LogP contribution in [0.4, 0.5) is 16.2 Å². The Morgan fingerprint density at radius 3 is 3.00 bits per heavy atom. The van der Waals surface area contributed by atoms with Crippen molar-refractivity contribution < 1.29 is 14.6 Å². The Hall–Kier alpha value is -1.82. The first-order chi connectivity index (χ1) is 7.65. The Labute approximate surface area is 93.9 Å². The molecule has 0 saturated carbocycles. The SMILES string of the molecule is CN(C)c1ccncc1NC(=O)OCCO. The highest BCUT2D eigenvalue weighted by molar-refractivity contribution is 5.89. The van der Waals surface area contributed by atoms with Crippen molar-refractivity contribution >= 4 is 17.5 Å². The molecule has 0 aromatic carbocycles.